The predicted molar refractivity (Wildman–Crippen MR) is 76.8 cm³/mol. The molecule has 4 aromatic heterocycles. The van der Waals surface area contributed by atoms with Gasteiger partial charge in [0.1, 0.15) is 11.2 Å². The third-order valence-electron chi connectivity index (χ3n) is 3.54. The summed E-state index contributed by atoms with van der Waals surface area (Å²) in [5.41, 5.74) is 3.23. The smallest absolute Gasteiger partial charge is 0.186 e. The number of fused-ring (bicyclic) bond motifs is 8. The zero-order valence-electron chi connectivity index (χ0n) is 9.82. The number of nitrogens with zero attached hydrogens (tertiary/aromatic N) is 4. The van der Waals surface area contributed by atoms with Crippen LogP contribution in [0.1, 0.15) is 0 Å². The summed E-state index contributed by atoms with van der Waals surface area (Å²) >= 11 is 1.78. The Morgan fingerprint density at radius 1 is 1.00 bits per heavy atom. The van der Waals surface area contributed by atoms with Crippen molar-refractivity contribution in [2.75, 3.05) is 0 Å². The number of thiophene rings is 1. The molecule has 0 aliphatic heterocycles. The minimum absolute atomic E-state index is 0.907. The first-order valence-corrected chi connectivity index (χ1v) is 6.85. The molecule has 90 valence electrons. The lowest BCUT2D eigenvalue weighted by atomic mass is 10.2. The first kappa shape index (κ1) is 9.52. The van der Waals surface area contributed by atoms with E-state index in [9.17, 15) is 0 Å². The van der Waals surface area contributed by atoms with Gasteiger partial charge in [-0.15, -0.1) is 21.5 Å². The number of aromatic nitrogens is 4. The lowest BCUT2D eigenvalue weighted by molar-refractivity contribution is 1.11. The van der Waals surface area contributed by atoms with E-state index in [1.165, 1.54) is 20.4 Å². The van der Waals surface area contributed by atoms with Crippen molar-refractivity contribution in [2.24, 2.45) is 0 Å². The molecule has 0 saturated heterocycles. The van der Waals surface area contributed by atoms with Crippen LogP contribution in [0.5, 0.6) is 0 Å². The van der Waals surface area contributed by atoms with Crippen LogP contribution in [0.2, 0.25) is 0 Å². The van der Waals surface area contributed by atoms with Crippen LogP contribution >= 0.6 is 11.3 Å². The van der Waals surface area contributed by atoms with Gasteiger partial charge < -0.3 is 4.40 Å². The molecule has 0 N–H and O–H groups in total. The number of hydrogen-bond donors (Lipinski definition) is 0. The van der Waals surface area contributed by atoms with Gasteiger partial charge in [0, 0.05) is 16.3 Å². The Kier molecular flexibility index (Phi) is 1.57. The fourth-order valence-corrected chi connectivity index (χ4v) is 3.90. The van der Waals surface area contributed by atoms with Gasteiger partial charge in [0.2, 0.25) is 0 Å². The summed E-state index contributed by atoms with van der Waals surface area (Å²) in [7, 11) is 0. The molecular weight excluding hydrogens is 256 g/mol. The lowest BCUT2D eigenvalue weighted by Crippen LogP contribution is -1.92. The van der Waals surface area contributed by atoms with E-state index in [0.717, 1.165) is 11.2 Å². The Bertz CT molecular complexity index is 1070. The lowest BCUT2D eigenvalue weighted by Gasteiger charge is -2.02. The van der Waals surface area contributed by atoms with E-state index >= 15 is 0 Å². The molecule has 0 aliphatic carbocycles. The molecule has 0 fully saturated rings. The van der Waals surface area contributed by atoms with Crippen molar-refractivity contribution in [1.82, 2.24) is 19.0 Å². The van der Waals surface area contributed by atoms with Gasteiger partial charge in [-0.25, -0.2) is 0 Å². The van der Waals surface area contributed by atoms with Crippen LogP contribution in [0.25, 0.3) is 31.6 Å². The highest BCUT2D eigenvalue weighted by atomic mass is 32.1. The Morgan fingerprint density at radius 2 is 1.95 bits per heavy atom. The quantitative estimate of drug-likeness (QED) is 0.430. The van der Waals surface area contributed by atoms with Crippen LogP contribution in [-0.2, 0) is 0 Å². The summed E-state index contributed by atoms with van der Waals surface area (Å²) in [6.45, 7) is 0. The second kappa shape index (κ2) is 3.13. The second-order valence-corrected chi connectivity index (χ2v) is 5.57. The molecule has 0 amide bonds. The number of benzene rings is 1. The van der Waals surface area contributed by atoms with E-state index in [1.807, 2.05) is 0 Å². The van der Waals surface area contributed by atoms with Gasteiger partial charge in [-0.05, 0) is 18.2 Å². The van der Waals surface area contributed by atoms with Gasteiger partial charge in [0.15, 0.2) is 5.65 Å². The molecule has 5 heteroatoms. The van der Waals surface area contributed by atoms with Crippen LogP contribution in [0, 0.1) is 0 Å². The van der Waals surface area contributed by atoms with E-state index in [-0.39, 0.29) is 0 Å². The minimum atomic E-state index is 0.907. The maximum absolute atomic E-state index is 4.24. The largest absolute Gasteiger partial charge is 0.310 e. The van der Waals surface area contributed by atoms with Crippen molar-refractivity contribution < 1.29 is 0 Å². The first-order valence-electron chi connectivity index (χ1n) is 6.03. The highest BCUT2D eigenvalue weighted by Gasteiger charge is 2.14. The second-order valence-electron chi connectivity index (χ2n) is 4.54. The average molecular weight is 264 g/mol. The molecule has 4 nitrogen and oxygen atoms in total. The van der Waals surface area contributed by atoms with E-state index in [1.54, 1.807) is 17.7 Å². The zero-order chi connectivity index (χ0) is 12.4. The fourth-order valence-electron chi connectivity index (χ4n) is 2.73. The molecular formula is C14H8N4S. The molecule has 5 rings (SSSR count). The van der Waals surface area contributed by atoms with Crippen molar-refractivity contribution in [2.45, 2.75) is 0 Å². The SMILES string of the molecule is c1ccc2c(c1)sc1c2n2cccc2c2nncn21. The molecule has 1 aromatic carbocycles. The highest BCUT2D eigenvalue weighted by Crippen LogP contribution is 2.35. The van der Waals surface area contributed by atoms with E-state index < -0.39 is 0 Å². The van der Waals surface area contributed by atoms with E-state index in [2.05, 4.69) is 61.6 Å². The predicted octanol–water partition coefficient (Wildman–Crippen LogP) is 3.35. The van der Waals surface area contributed by atoms with Gasteiger partial charge in [-0.2, -0.15) is 0 Å². The van der Waals surface area contributed by atoms with Gasteiger partial charge >= 0.3 is 0 Å². The normalized spacial score (nSPS) is 12.2. The van der Waals surface area contributed by atoms with Gasteiger partial charge in [-0.1, -0.05) is 18.2 Å². The molecule has 0 unspecified atom stereocenters. The molecule has 0 spiro atoms. The third-order valence-corrected chi connectivity index (χ3v) is 4.70. The molecule has 5 aromatic rings. The standard InChI is InChI=1S/C14H8N4S/c1-2-6-11-9(4-1)12-14(19-11)18-8-15-16-13(18)10-5-3-7-17(10)12/h1-8H. The van der Waals surface area contributed by atoms with Crippen molar-refractivity contribution in [3.63, 3.8) is 0 Å². The molecule has 0 bridgehead atoms. The molecule has 4 heterocycles. The molecule has 0 saturated carbocycles. The summed E-state index contributed by atoms with van der Waals surface area (Å²) in [6, 6.07) is 12.6. The Morgan fingerprint density at radius 3 is 2.95 bits per heavy atom. The monoisotopic (exact) mass is 264 g/mol. The summed E-state index contributed by atoms with van der Waals surface area (Å²) in [5, 5.41) is 9.57. The third kappa shape index (κ3) is 1.04. The number of hydrogen-bond acceptors (Lipinski definition) is 3. The van der Waals surface area contributed by atoms with Gasteiger partial charge in [0.25, 0.3) is 0 Å². The first-order chi connectivity index (χ1) is 9.43. The van der Waals surface area contributed by atoms with Crippen molar-refractivity contribution in [3.05, 3.63) is 48.9 Å². The maximum Gasteiger partial charge on any atom is 0.186 e. The van der Waals surface area contributed by atoms with Crippen LogP contribution in [0.15, 0.2) is 48.9 Å². The molecule has 0 atom stereocenters. The Labute approximate surface area is 111 Å². The Hall–Kier alpha value is -2.40. The average Bonchev–Trinajstić information content (AvgIpc) is 3.14. The van der Waals surface area contributed by atoms with Crippen LogP contribution in [0.3, 0.4) is 0 Å². The summed E-state index contributed by atoms with van der Waals surface area (Å²) in [4.78, 5) is 1.19. The van der Waals surface area contributed by atoms with Crippen LogP contribution in [-0.4, -0.2) is 19.0 Å². The van der Waals surface area contributed by atoms with Crippen molar-refractivity contribution >= 4 is 42.9 Å². The number of rotatable bonds is 0. The maximum atomic E-state index is 4.24. The van der Waals surface area contributed by atoms with Crippen LogP contribution < -0.4 is 0 Å². The topological polar surface area (TPSA) is 34.6 Å². The van der Waals surface area contributed by atoms with Crippen molar-refractivity contribution in [1.29, 1.82) is 0 Å². The zero-order valence-corrected chi connectivity index (χ0v) is 10.6. The molecule has 0 radical (unpaired) electrons. The van der Waals surface area contributed by atoms with Gasteiger partial charge in [0.05, 0.1) is 11.0 Å². The van der Waals surface area contributed by atoms with Gasteiger partial charge in [-0.3, -0.25) is 4.40 Å². The molecule has 0 aliphatic rings. The summed E-state index contributed by atoms with van der Waals surface area (Å²) in [6.07, 6.45) is 3.88. The molecule has 19 heavy (non-hydrogen) atoms. The highest BCUT2D eigenvalue weighted by molar-refractivity contribution is 7.25. The van der Waals surface area contributed by atoms with Crippen molar-refractivity contribution in [3.8, 4) is 0 Å². The van der Waals surface area contributed by atoms with Crippen LogP contribution in [0.4, 0.5) is 0 Å². The summed E-state index contributed by atoms with van der Waals surface area (Å²) in [5.74, 6) is 0. The summed E-state index contributed by atoms with van der Waals surface area (Å²) < 4.78 is 5.57. The Balaban J connectivity index is 2.29. The minimum Gasteiger partial charge on any atom is -0.310 e. The van der Waals surface area contributed by atoms with E-state index in [0.29, 0.717) is 0 Å². The van der Waals surface area contributed by atoms with E-state index in [4.69, 9.17) is 0 Å². The fraction of sp³-hybridized carbons (Fsp3) is 0.